The van der Waals surface area contributed by atoms with E-state index >= 15 is 0 Å². The molecule has 0 saturated heterocycles. The molecule has 2 heterocycles. The molecule has 9 nitrogen and oxygen atoms in total. The second-order valence-corrected chi connectivity index (χ2v) is 9.60. The Morgan fingerprint density at radius 1 is 0.800 bits per heavy atom. The molecule has 2 aromatic heterocycles. The van der Waals surface area contributed by atoms with Gasteiger partial charge in [-0.2, -0.15) is 0 Å². The van der Waals surface area contributed by atoms with Crippen molar-refractivity contribution in [3.05, 3.63) is 143 Å². The fourth-order valence-corrected chi connectivity index (χ4v) is 4.96. The number of anilines is 1. The van der Waals surface area contributed by atoms with Gasteiger partial charge < -0.3 is 15.4 Å². The molecule has 196 valence electrons. The van der Waals surface area contributed by atoms with Crippen molar-refractivity contribution in [1.29, 1.82) is 0 Å². The van der Waals surface area contributed by atoms with Crippen LogP contribution in [0.3, 0.4) is 0 Å². The van der Waals surface area contributed by atoms with Crippen LogP contribution < -0.4 is 10.6 Å². The number of fused-ring (bicyclic) bond motifs is 1. The number of rotatable bonds is 8. The van der Waals surface area contributed by atoms with Crippen LogP contribution in [0.15, 0.2) is 126 Å². The largest absolute Gasteiger partial charge is 0.389 e. The number of nitrogens with two attached hydrogens (primary N) is 1. The van der Waals surface area contributed by atoms with Gasteiger partial charge in [-0.1, -0.05) is 113 Å². The van der Waals surface area contributed by atoms with Crippen LogP contribution in [0.5, 0.6) is 0 Å². The lowest BCUT2D eigenvalue weighted by Crippen LogP contribution is -2.34. The number of benzene rings is 4. The number of carbonyl (C=O) groups is 1. The first-order chi connectivity index (χ1) is 19.6. The topological polar surface area (TPSA) is 118 Å². The number of nitrogens with zero attached hydrogens (tertiary/aromatic N) is 5. The third-order valence-electron chi connectivity index (χ3n) is 6.26. The average molecular weight is 547 g/mol. The van der Waals surface area contributed by atoms with Gasteiger partial charge in [-0.15, -0.1) is 16.4 Å². The van der Waals surface area contributed by atoms with Crippen molar-refractivity contribution in [3.8, 4) is 0 Å². The minimum atomic E-state index is -1.21. The van der Waals surface area contributed by atoms with Crippen molar-refractivity contribution in [2.75, 3.05) is 5.73 Å². The predicted octanol–water partition coefficient (Wildman–Crippen LogP) is 4.84. The van der Waals surface area contributed by atoms with Crippen LogP contribution in [-0.4, -0.2) is 31.8 Å². The summed E-state index contributed by atoms with van der Waals surface area (Å²) in [7, 11) is 0. The van der Waals surface area contributed by atoms with E-state index in [1.165, 1.54) is 11.3 Å². The highest BCUT2D eigenvalue weighted by Gasteiger charge is 2.40. The van der Waals surface area contributed by atoms with Crippen molar-refractivity contribution in [2.24, 2.45) is 5.16 Å². The first-order valence-electron chi connectivity index (χ1n) is 12.3. The Morgan fingerprint density at radius 3 is 1.90 bits per heavy atom. The highest BCUT2D eigenvalue weighted by atomic mass is 32.1. The van der Waals surface area contributed by atoms with Crippen LogP contribution in [0.25, 0.3) is 11.0 Å². The highest BCUT2D eigenvalue weighted by Crippen LogP contribution is 2.40. The van der Waals surface area contributed by atoms with Crippen LogP contribution in [0, 0.1) is 0 Å². The van der Waals surface area contributed by atoms with Crippen LogP contribution >= 0.6 is 11.3 Å². The molecule has 0 radical (unpaired) electrons. The maximum Gasteiger partial charge on any atom is 0.389 e. The minimum Gasteiger partial charge on any atom is -0.375 e. The molecule has 0 aliphatic carbocycles. The molecular weight excluding hydrogens is 524 g/mol. The van der Waals surface area contributed by atoms with Crippen molar-refractivity contribution in [1.82, 2.24) is 20.1 Å². The van der Waals surface area contributed by atoms with E-state index in [4.69, 9.17) is 15.4 Å². The standard InChI is InChI=1S/C30H22N6O3S/c31-29-32-25(20-40-29)27(28(37)38-36-26-19-11-10-18-24(26)33-35-36)34-39-30(21-12-4-1-5-13-21,22-14-6-2-7-15-22)23-16-8-3-9-17-23/h1-20H,(H2,31,32)/b34-27+. The highest BCUT2D eigenvalue weighted by molar-refractivity contribution is 7.13. The summed E-state index contributed by atoms with van der Waals surface area (Å²) in [6.45, 7) is 0. The summed E-state index contributed by atoms with van der Waals surface area (Å²) in [5, 5.41) is 14.3. The summed E-state index contributed by atoms with van der Waals surface area (Å²) in [6.07, 6.45) is 0. The van der Waals surface area contributed by atoms with Gasteiger partial charge in [-0.25, -0.2) is 9.78 Å². The predicted molar refractivity (Wildman–Crippen MR) is 152 cm³/mol. The number of hydrogen-bond donors (Lipinski definition) is 1. The molecule has 10 heteroatoms. The lowest BCUT2D eigenvalue weighted by atomic mass is 9.80. The second-order valence-electron chi connectivity index (χ2n) is 8.71. The Labute approximate surface area is 233 Å². The summed E-state index contributed by atoms with van der Waals surface area (Å²) in [6, 6.07) is 36.2. The van der Waals surface area contributed by atoms with E-state index in [1.807, 2.05) is 97.1 Å². The normalized spacial score (nSPS) is 11.8. The van der Waals surface area contributed by atoms with Crippen molar-refractivity contribution in [2.45, 2.75) is 5.60 Å². The number of carbonyl (C=O) groups excluding carboxylic acids is 1. The Bertz CT molecular complexity index is 1690. The molecule has 0 atom stereocenters. The molecule has 0 spiro atoms. The van der Waals surface area contributed by atoms with Gasteiger partial charge in [-0.05, 0) is 17.3 Å². The molecule has 0 fully saturated rings. The first kappa shape index (κ1) is 25.0. The fraction of sp³-hybridized carbons (Fsp3) is 0.0333. The zero-order chi connectivity index (χ0) is 27.4. The molecule has 6 rings (SSSR count). The summed E-state index contributed by atoms with van der Waals surface area (Å²) in [5.74, 6) is -0.843. The zero-order valence-corrected chi connectivity index (χ0v) is 21.8. The molecular formula is C30H22N6O3S. The number of oxime groups is 1. The van der Waals surface area contributed by atoms with Gasteiger partial charge >= 0.3 is 5.97 Å². The monoisotopic (exact) mass is 546 g/mol. The average Bonchev–Trinajstić information content (AvgIpc) is 3.63. The second kappa shape index (κ2) is 10.8. The van der Waals surface area contributed by atoms with Crippen molar-refractivity contribution in [3.63, 3.8) is 0 Å². The van der Waals surface area contributed by atoms with E-state index in [9.17, 15) is 4.79 Å². The van der Waals surface area contributed by atoms with Gasteiger partial charge in [0.15, 0.2) is 5.13 Å². The van der Waals surface area contributed by atoms with Crippen LogP contribution in [0.4, 0.5) is 5.13 Å². The number of thiazole rings is 1. The smallest absolute Gasteiger partial charge is 0.375 e. The Kier molecular flexibility index (Phi) is 6.73. The minimum absolute atomic E-state index is 0.181. The van der Waals surface area contributed by atoms with Crippen LogP contribution in [-0.2, 0) is 15.2 Å². The summed E-state index contributed by atoms with van der Waals surface area (Å²) >= 11 is 1.17. The first-order valence-corrected chi connectivity index (χ1v) is 13.2. The van der Waals surface area contributed by atoms with Crippen molar-refractivity contribution < 1.29 is 14.5 Å². The van der Waals surface area contributed by atoms with Gasteiger partial charge in [0.25, 0.3) is 0 Å². The summed E-state index contributed by atoms with van der Waals surface area (Å²) in [4.78, 5) is 31.0. The Balaban J connectivity index is 1.49. The van der Waals surface area contributed by atoms with E-state index in [0.717, 1.165) is 21.5 Å². The summed E-state index contributed by atoms with van der Waals surface area (Å²) < 4.78 is 0. The Morgan fingerprint density at radius 2 is 1.35 bits per heavy atom. The molecule has 0 amide bonds. The molecule has 0 bridgehead atoms. The molecule has 0 saturated carbocycles. The lowest BCUT2D eigenvalue weighted by Gasteiger charge is -2.33. The molecule has 40 heavy (non-hydrogen) atoms. The number of nitrogen functional groups attached to an aromatic ring is 1. The lowest BCUT2D eigenvalue weighted by molar-refractivity contribution is -0.137. The maximum absolute atomic E-state index is 13.6. The molecule has 6 aromatic rings. The molecule has 0 aliphatic heterocycles. The van der Waals surface area contributed by atoms with Gasteiger partial charge in [0, 0.05) is 22.1 Å². The molecule has 0 aliphatic rings. The van der Waals surface area contributed by atoms with E-state index in [2.05, 4.69) is 20.5 Å². The fourth-order valence-electron chi connectivity index (χ4n) is 4.41. The maximum atomic E-state index is 13.6. The zero-order valence-electron chi connectivity index (χ0n) is 21.0. The van der Waals surface area contributed by atoms with Crippen LogP contribution in [0.1, 0.15) is 22.4 Å². The third kappa shape index (κ3) is 4.67. The SMILES string of the molecule is Nc1nc(/C(=N\OC(c2ccccc2)(c2ccccc2)c2ccccc2)C(=O)On2nnc3ccccc32)cs1. The molecule has 0 unspecified atom stereocenters. The van der Waals surface area contributed by atoms with Gasteiger partial charge in [0.1, 0.15) is 16.7 Å². The van der Waals surface area contributed by atoms with E-state index in [-0.39, 0.29) is 16.5 Å². The third-order valence-corrected chi connectivity index (χ3v) is 6.94. The number of para-hydroxylation sites is 1. The van der Waals surface area contributed by atoms with Gasteiger partial charge in [0.05, 0.1) is 0 Å². The van der Waals surface area contributed by atoms with E-state index in [0.29, 0.717) is 11.0 Å². The number of hydrogen-bond acceptors (Lipinski definition) is 9. The van der Waals surface area contributed by atoms with Crippen molar-refractivity contribution >= 4 is 39.2 Å². The van der Waals surface area contributed by atoms with E-state index < -0.39 is 11.6 Å². The molecule has 4 aromatic carbocycles. The van der Waals surface area contributed by atoms with Gasteiger partial charge in [0.2, 0.25) is 11.3 Å². The van der Waals surface area contributed by atoms with Crippen LogP contribution in [0.2, 0.25) is 0 Å². The quantitative estimate of drug-likeness (QED) is 0.126. The summed E-state index contributed by atoms with van der Waals surface area (Å²) in [5.41, 5.74) is 8.24. The van der Waals surface area contributed by atoms with Gasteiger partial charge in [-0.3, -0.25) is 0 Å². The molecule has 2 N–H and O–H groups in total. The Hall–Kier alpha value is -5.35. The van der Waals surface area contributed by atoms with E-state index in [1.54, 1.807) is 23.6 Å². The number of aromatic nitrogens is 4.